The lowest BCUT2D eigenvalue weighted by Gasteiger charge is -1.85. The second-order valence-electron chi connectivity index (χ2n) is 2.67. The molecule has 0 aliphatic heterocycles. The Labute approximate surface area is 98.0 Å². The summed E-state index contributed by atoms with van der Waals surface area (Å²) in [6.45, 7) is 8.05. The van der Waals surface area contributed by atoms with Crippen molar-refractivity contribution in [2.75, 3.05) is 13.2 Å². The zero-order valence-corrected chi connectivity index (χ0v) is 10.7. The first kappa shape index (κ1) is 15.0. The van der Waals surface area contributed by atoms with Crippen LogP contribution in [-0.2, 0) is 13.6 Å². The Bertz CT molecular complexity index is 290. The summed E-state index contributed by atoms with van der Waals surface area (Å²) in [6.07, 6.45) is 1.83. The maximum absolute atomic E-state index is 10.3. The molecular formula is C12H18O3P+. The zero-order valence-electron chi connectivity index (χ0n) is 9.76. The van der Waals surface area contributed by atoms with E-state index in [0.717, 1.165) is 0 Å². The lowest BCUT2D eigenvalue weighted by atomic mass is 10.2. The van der Waals surface area contributed by atoms with Crippen LogP contribution in [-0.4, -0.2) is 13.2 Å². The SMILES string of the molecule is C=Cc1ccccc1.CCO[P+](=O)OCC. The first-order valence-electron chi connectivity index (χ1n) is 5.15. The van der Waals surface area contributed by atoms with Gasteiger partial charge in [0.05, 0.1) is 0 Å². The van der Waals surface area contributed by atoms with Gasteiger partial charge in [0.2, 0.25) is 0 Å². The van der Waals surface area contributed by atoms with Crippen LogP contribution in [0.5, 0.6) is 0 Å². The number of hydrogen-bond donors (Lipinski definition) is 0. The van der Waals surface area contributed by atoms with E-state index in [9.17, 15) is 4.57 Å². The van der Waals surface area contributed by atoms with Gasteiger partial charge in [0.15, 0.2) is 0 Å². The van der Waals surface area contributed by atoms with E-state index in [-0.39, 0.29) is 0 Å². The van der Waals surface area contributed by atoms with E-state index in [4.69, 9.17) is 0 Å². The van der Waals surface area contributed by atoms with Gasteiger partial charge in [-0.25, -0.2) is 0 Å². The molecule has 0 spiro atoms. The lowest BCUT2D eigenvalue weighted by molar-refractivity contribution is 0.243. The van der Waals surface area contributed by atoms with Crippen LogP contribution >= 0.6 is 8.25 Å². The highest BCUT2D eigenvalue weighted by Crippen LogP contribution is 2.21. The largest absolute Gasteiger partial charge is 0.697 e. The molecule has 88 valence electrons. The van der Waals surface area contributed by atoms with Crippen molar-refractivity contribution < 1.29 is 13.6 Å². The zero-order chi connectivity index (χ0) is 12.2. The molecule has 0 atom stereocenters. The van der Waals surface area contributed by atoms with E-state index in [0.29, 0.717) is 13.2 Å². The minimum absolute atomic E-state index is 0.440. The predicted octanol–water partition coefficient (Wildman–Crippen LogP) is 4.05. The topological polar surface area (TPSA) is 35.5 Å². The van der Waals surface area contributed by atoms with Crippen LogP contribution in [0.15, 0.2) is 36.9 Å². The number of hydrogen-bond acceptors (Lipinski definition) is 3. The maximum Gasteiger partial charge on any atom is 0.697 e. The van der Waals surface area contributed by atoms with E-state index in [1.54, 1.807) is 13.8 Å². The van der Waals surface area contributed by atoms with Gasteiger partial charge in [-0.3, -0.25) is 0 Å². The fraction of sp³-hybridized carbons (Fsp3) is 0.333. The smallest absolute Gasteiger partial charge is 0.119 e. The molecule has 0 radical (unpaired) electrons. The Morgan fingerprint density at radius 2 is 1.69 bits per heavy atom. The van der Waals surface area contributed by atoms with E-state index in [2.05, 4.69) is 15.6 Å². The third-order valence-corrected chi connectivity index (χ3v) is 2.44. The molecule has 0 saturated heterocycles. The van der Waals surface area contributed by atoms with Crippen molar-refractivity contribution in [3.05, 3.63) is 42.5 Å². The molecule has 1 aromatic carbocycles. The highest BCUT2D eigenvalue weighted by Gasteiger charge is 2.15. The normalized spacial score (nSPS) is 8.88. The first-order valence-corrected chi connectivity index (χ1v) is 6.24. The maximum atomic E-state index is 10.3. The van der Waals surface area contributed by atoms with Crippen LogP contribution in [0, 0.1) is 0 Å². The molecule has 0 unspecified atom stereocenters. The van der Waals surface area contributed by atoms with E-state index in [1.165, 1.54) is 5.56 Å². The van der Waals surface area contributed by atoms with Gasteiger partial charge in [-0.1, -0.05) is 43.0 Å². The van der Waals surface area contributed by atoms with Gasteiger partial charge in [-0.05, 0) is 19.4 Å². The van der Waals surface area contributed by atoms with Gasteiger partial charge in [-0.15, -0.1) is 9.05 Å². The molecule has 0 heterocycles. The molecule has 0 bridgehead atoms. The van der Waals surface area contributed by atoms with Gasteiger partial charge in [0, 0.05) is 4.57 Å². The number of benzene rings is 1. The molecule has 0 aromatic heterocycles. The molecule has 4 heteroatoms. The molecule has 1 rings (SSSR count). The Hall–Kier alpha value is -1.02. The Morgan fingerprint density at radius 3 is 2.00 bits per heavy atom. The van der Waals surface area contributed by atoms with Crippen molar-refractivity contribution >= 4 is 14.3 Å². The van der Waals surface area contributed by atoms with Crippen molar-refractivity contribution in [2.24, 2.45) is 0 Å². The average molecular weight is 241 g/mol. The molecule has 0 amide bonds. The molecule has 3 nitrogen and oxygen atoms in total. The Balaban J connectivity index is 0.000000281. The molecular weight excluding hydrogens is 223 g/mol. The van der Waals surface area contributed by atoms with Crippen molar-refractivity contribution in [2.45, 2.75) is 13.8 Å². The van der Waals surface area contributed by atoms with Crippen molar-refractivity contribution in [3.8, 4) is 0 Å². The monoisotopic (exact) mass is 241 g/mol. The fourth-order valence-electron chi connectivity index (χ4n) is 0.837. The molecule has 0 aliphatic rings. The molecule has 1 aromatic rings. The summed E-state index contributed by atoms with van der Waals surface area (Å²) >= 11 is 0. The third-order valence-electron chi connectivity index (χ3n) is 1.50. The number of rotatable bonds is 5. The highest BCUT2D eigenvalue weighted by atomic mass is 31.1. The summed E-state index contributed by atoms with van der Waals surface area (Å²) in [7, 11) is -1.83. The Morgan fingerprint density at radius 1 is 1.19 bits per heavy atom. The highest BCUT2D eigenvalue weighted by molar-refractivity contribution is 7.33. The molecule has 0 fully saturated rings. The van der Waals surface area contributed by atoms with Gasteiger partial charge in [-0.2, -0.15) is 0 Å². The summed E-state index contributed by atoms with van der Waals surface area (Å²) in [4.78, 5) is 0. The van der Waals surface area contributed by atoms with E-state index >= 15 is 0 Å². The van der Waals surface area contributed by atoms with Crippen LogP contribution in [0.3, 0.4) is 0 Å². The molecule has 0 saturated carbocycles. The minimum atomic E-state index is -1.83. The predicted molar refractivity (Wildman–Crippen MR) is 67.4 cm³/mol. The van der Waals surface area contributed by atoms with Crippen LogP contribution in [0.4, 0.5) is 0 Å². The van der Waals surface area contributed by atoms with Gasteiger partial charge < -0.3 is 0 Å². The second kappa shape index (κ2) is 10.5. The average Bonchev–Trinajstić information content (AvgIpc) is 2.32. The van der Waals surface area contributed by atoms with Crippen LogP contribution in [0.2, 0.25) is 0 Å². The van der Waals surface area contributed by atoms with Crippen molar-refractivity contribution in [1.29, 1.82) is 0 Å². The summed E-state index contributed by atoms with van der Waals surface area (Å²) in [5.74, 6) is 0. The standard InChI is InChI=1S/C8H8.C4H10O3P/c1-2-8-6-4-3-5-7-8;1-3-6-8(5)7-4-2/h2-7H,1H2;3-4H2,1-2H3/q;+1. The van der Waals surface area contributed by atoms with Crippen molar-refractivity contribution in [3.63, 3.8) is 0 Å². The molecule has 0 aliphatic carbocycles. The summed E-state index contributed by atoms with van der Waals surface area (Å²) in [6, 6.07) is 10.0. The first-order chi connectivity index (χ1) is 7.74. The van der Waals surface area contributed by atoms with E-state index in [1.807, 2.05) is 36.4 Å². The molecule has 0 N–H and O–H groups in total. The van der Waals surface area contributed by atoms with E-state index < -0.39 is 8.25 Å². The van der Waals surface area contributed by atoms with Gasteiger partial charge in [0.1, 0.15) is 13.2 Å². The Kier molecular flexibility index (Phi) is 9.83. The third kappa shape index (κ3) is 8.30. The minimum Gasteiger partial charge on any atom is -0.119 e. The van der Waals surface area contributed by atoms with Crippen LogP contribution in [0.1, 0.15) is 19.4 Å². The van der Waals surface area contributed by atoms with Crippen LogP contribution < -0.4 is 0 Å². The summed E-state index contributed by atoms with van der Waals surface area (Å²) in [5, 5.41) is 0. The molecule has 16 heavy (non-hydrogen) atoms. The van der Waals surface area contributed by atoms with Gasteiger partial charge in [0.25, 0.3) is 0 Å². The van der Waals surface area contributed by atoms with Crippen LogP contribution in [0.25, 0.3) is 6.08 Å². The quantitative estimate of drug-likeness (QED) is 0.729. The fourth-order valence-corrected chi connectivity index (χ4v) is 1.33. The summed E-state index contributed by atoms with van der Waals surface area (Å²) < 4.78 is 19.5. The van der Waals surface area contributed by atoms with Crippen molar-refractivity contribution in [1.82, 2.24) is 0 Å². The second-order valence-corrected chi connectivity index (χ2v) is 3.64. The van der Waals surface area contributed by atoms with Gasteiger partial charge >= 0.3 is 8.25 Å². The summed E-state index contributed by atoms with van der Waals surface area (Å²) in [5.41, 5.74) is 1.17. The lowest BCUT2D eigenvalue weighted by Crippen LogP contribution is -1.81.